The first kappa shape index (κ1) is 14.8. The van der Waals surface area contributed by atoms with Crippen LogP contribution < -0.4 is 24.4 Å². The van der Waals surface area contributed by atoms with E-state index in [1.54, 1.807) is 18.2 Å². The highest BCUT2D eigenvalue weighted by atomic mass is 16.5. The summed E-state index contributed by atoms with van der Waals surface area (Å²) >= 11 is 0. The van der Waals surface area contributed by atoms with Crippen LogP contribution in [-0.4, -0.2) is 21.3 Å². The number of hydrogen-bond acceptors (Lipinski definition) is 6. The Bertz CT molecular complexity index is 639. The van der Waals surface area contributed by atoms with Crippen molar-refractivity contribution in [3.05, 3.63) is 46.5 Å². The van der Waals surface area contributed by atoms with Crippen LogP contribution in [-0.2, 0) is 6.61 Å². The van der Waals surface area contributed by atoms with Gasteiger partial charge in [-0.15, -0.1) is 0 Å². The summed E-state index contributed by atoms with van der Waals surface area (Å²) in [6.45, 7) is 0.0654. The lowest BCUT2D eigenvalue weighted by Crippen LogP contribution is -2.07. The van der Waals surface area contributed by atoms with Crippen LogP contribution in [0.15, 0.2) is 39.7 Å². The van der Waals surface area contributed by atoms with Crippen molar-refractivity contribution < 1.29 is 23.4 Å². The summed E-state index contributed by atoms with van der Waals surface area (Å²) in [6, 6.07) is 6.61. The van der Waals surface area contributed by atoms with Crippen molar-refractivity contribution >= 4 is 0 Å². The largest absolute Gasteiger partial charge is 0.493 e. The summed E-state index contributed by atoms with van der Waals surface area (Å²) in [7, 11) is 4.48. The monoisotopic (exact) mass is 292 g/mol. The number of para-hydroxylation sites is 1. The predicted octanol–water partition coefficient (Wildman–Crippen LogP) is 2.24. The van der Waals surface area contributed by atoms with Crippen LogP contribution in [0.2, 0.25) is 0 Å². The molecule has 2 rings (SSSR count). The lowest BCUT2D eigenvalue weighted by molar-refractivity contribution is 0.238. The first-order chi connectivity index (χ1) is 10.2. The van der Waals surface area contributed by atoms with E-state index in [2.05, 4.69) is 0 Å². The van der Waals surface area contributed by atoms with Gasteiger partial charge in [0.05, 0.1) is 21.3 Å². The smallest absolute Gasteiger partial charge is 0.227 e. The number of methoxy groups -OCH3 is 3. The molecule has 0 aliphatic carbocycles. The molecule has 6 heteroatoms. The van der Waals surface area contributed by atoms with E-state index >= 15 is 0 Å². The van der Waals surface area contributed by atoms with Crippen molar-refractivity contribution in [3.8, 4) is 23.0 Å². The summed E-state index contributed by atoms with van der Waals surface area (Å²) in [4.78, 5) is 11.6. The zero-order valence-corrected chi connectivity index (χ0v) is 12.0. The number of rotatable bonds is 6. The van der Waals surface area contributed by atoms with E-state index in [0.29, 0.717) is 23.0 Å². The second-order valence-electron chi connectivity index (χ2n) is 4.06. The average Bonchev–Trinajstić information content (AvgIpc) is 2.52. The minimum absolute atomic E-state index is 0.0654. The highest BCUT2D eigenvalue weighted by molar-refractivity contribution is 5.51. The van der Waals surface area contributed by atoms with Crippen molar-refractivity contribution in [1.29, 1.82) is 0 Å². The van der Waals surface area contributed by atoms with E-state index in [0.717, 1.165) is 0 Å². The molecule has 0 bridgehead atoms. The van der Waals surface area contributed by atoms with Gasteiger partial charge in [0.1, 0.15) is 18.6 Å². The highest BCUT2D eigenvalue weighted by Crippen LogP contribution is 2.37. The van der Waals surface area contributed by atoms with Crippen LogP contribution >= 0.6 is 0 Å². The third-order valence-corrected chi connectivity index (χ3v) is 2.81. The summed E-state index contributed by atoms with van der Waals surface area (Å²) in [5.41, 5.74) is -0.269. The second-order valence-corrected chi connectivity index (χ2v) is 4.06. The molecule has 0 aliphatic heterocycles. The molecule has 0 saturated carbocycles. The molecule has 0 radical (unpaired) electrons. The molecule has 1 aromatic heterocycles. The molecule has 6 nitrogen and oxygen atoms in total. The van der Waals surface area contributed by atoms with E-state index < -0.39 is 0 Å². The summed E-state index contributed by atoms with van der Waals surface area (Å²) in [5, 5.41) is 0. The molecule has 1 heterocycles. The van der Waals surface area contributed by atoms with Crippen LogP contribution in [0.4, 0.5) is 0 Å². The van der Waals surface area contributed by atoms with Gasteiger partial charge in [0.2, 0.25) is 16.9 Å². The molecule has 2 aromatic rings. The fourth-order valence-electron chi connectivity index (χ4n) is 1.77. The van der Waals surface area contributed by atoms with Gasteiger partial charge in [0.15, 0.2) is 11.5 Å². The molecule has 21 heavy (non-hydrogen) atoms. The van der Waals surface area contributed by atoms with Crippen molar-refractivity contribution in [1.82, 2.24) is 0 Å². The van der Waals surface area contributed by atoms with Crippen molar-refractivity contribution in [2.24, 2.45) is 0 Å². The van der Waals surface area contributed by atoms with E-state index in [9.17, 15) is 4.79 Å². The topological polar surface area (TPSA) is 67.1 Å². The van der Waals surface area contributed by atoms with E-state index in [1.807, 2.05) is 0 Å². The summed E-state index contributed by atoms with van der Waals surface area (Å²) < 4.78 is 26.2. The van der Waals surface area contributed by atoms with Crippen molar-refractivity contribution in [3.63, 3.8) is 0 Å². The van der Waals surface area contributed by atoms with Gasteiger partial charge in [-0.05, 0) is 12.1 Å². The first-order valence-electron chi connectivity index (χ1n) is 6.19. The molecule has 112 valence electrons. The molecule has 0 fully saturated rings. The van der Waals surface area contributed by atoms with Gasteiger partial charge < -0.3 is 23.4 Å². The van der Waals surface area contributed by atoms with E-state index in [-0.39, 0.29) is 17.8 Å². The lowest BCUT2D eigenvalue weighted by Gasteiger charge is -2.13. The first-order valence-corrected chi connectivity index (χ1v) is 6.19. The Balaban J connectivity index is 2.20. The predicted molar refractivity (Wildman–Crippen MR) is 75.4 cm³/mol. The molecular weight excluding hydrogens is 276 g/mol. The number of hydrogen-bond donors (Lipinski definition) is 0. The third-order valence-electron chi connectivity index (χ3n) is 2.81. The summed E-state index contributed by atoms with van der Waals surface area (Å²) in [6.07, 6.45) is 1.25. The molecular formula is C15H16O6. The molecule has 0 saturated heterocycles. The fraction of sp³-hybridized carbons (Fsp3) is 0.267. The quantitative estimate of drug-likeness (QED) is 0.813. The van der Waals surface area contributed by atoms with Crippen LogP contribution in [0.25, 0.3) is 0 Å². The highest BCUT2D eigenvalue weighted by Gasteiger charge is 2.12. The van der Waals surface area contributed by atoms with Gasteiger partial charge in [0.25, 0.3) is 0 Å². The van der Waals surface area contributed by atoms with E-state index in [1.165, 1.54) is 33.7 Å². The average molecular weight is 292 g/mol. The lowest BCUT2D eigenvalue weighted by atomic mass is 10.3. The Morgan fingerprint density at radius 2 is 1.62 bits per heavy atom. The maximum Gasteiger partial charge on any atom is 0.227 e. The van der Waals surface area contributed by atoms with Gasteiger partial charge in [-0.3, -0.25) is 4.79 Å². The van der Waals surface area contributed by atoms with Gasteiger partial charge in [-0.2, -0.15) is 0 Å². The minimum atomic E-state index is -0.269. The van der Waals surface area contributed by atoms with Crippen molar-refractivity contribution in [2.75, 3.05) is 21.3 Å². The van der Waals surface area contributed by atoms with E-state index in [4.69, 9.17) is 23.4 Å². The van der Waals surface area contributed by atoms with Gasteiger partial charge in [0, 0.05) is 6.07 Å². The fourth-order valence-corrected chi connectivity index (χ4v) is 1.77. The zero-order chi connectivity index (χ0) is 15.2. The Labute approximate surface area is 121 Å². The maximum absolute atomic E-state index is 11.6. The third kappa shape index (κ3) is 3.28. The maximum atomic E-state index is 11.6. The molecule has 1 aromatic carbocycles. The Morgan fingerprint density at radius 3 is 2.14 bits per heavy atom. The number of benzene rings is 1. The second kappa shape index (κ2) is 6.69. The Morgan fingerprint density at radius 1 is 1.00 bits per heavy atom. The molecule has 0 amide bonds. The van der Waals surface area contributed by atoms with Gasteiger partial charge in [-0.25, -0.2) is 0 Å². The van der Waals surface area contributed by atoms with Crippen molar-refractivity contribution in [2.45, 2.75) is 6.61 Å². The standard InChI is InChI=1S/C15H16O6/c1-17-12-5-4-6-13(18-2)15(12)21-8-10-7-11(16)14(19-3)9-20-10/h4-7,9H,8H2,1-3H3. The molecule has 0 N–H and O–H groups in total. The van der Waals surface area contributed by atoms with Crippen LogP contribution in [0.5, 0.6) is 23.0 Å². The molecule has 0 atom stereocenters. The van der Waals surface area contributed by atoms with Crippen LogP contribution in [0.1, 0.15) is 5.76 Å². The normalized spacial score (nSPS) is 10.0. The van der Waals surface area contributed by atoms with Crippen LogP contribution in [0.3, 0.4) is 0 Å². The molecule has 0 spiro atoms. The SMILES string of the molecule is COc1cccc(OC)c1OCc1cc(=O)c(OC)co1. The van der Waals surface area contributed by atoms with Gasteiger partial charge >= 0.3 is 0 Å². The zero-order valence-electron chi connectivity index (χ0n) is 12.0. The molecule has 0 unspecified atom stereocenters. The summed E-state index contributed by atoms with van der Waals surface area (Å²) in [5.74, 6) is 2.03. The number of ether oxygens (including phenoxy) is 4. The Hall–Kier alpha value is -2.63. The minimum Gasteiger partial charge on any atom is -0.493 e. The van der Waals surface area contributed by atoms with Crippen LogP contribution in [0, 0.1) is 0 Å². The Kier molecular flexibility index (Phi) is 4.71. The van der Waals surface area contributed by atoms with Gasteiger partial charge in [-0.1, -0.05) is 6.07 Å². The molecule has 0 aliphatic rings.